The van der Waals surface area contributed by atoms with Crippen molar-refractivity contribution in [2.75, 3.05) is 13.7 Å². The highest BCUT2D eigenvalue weighted by atomic mass is 32.2. The Balaban J connectivity index is 3.20. The summed E-state index contributed by atoms with van der Waals surface area (Å²) < 4.78 is 31.5. The summed E-state index contributed by atoms with van der Waals surface area (Å²) in [7, 11) is -2.71. The largest absolute Gasteiger partial charge is 0.490 e. The van der Waals surface area contributed by atoms with E-state index in [2.05, 4.69) is 4.72 Å². The van der Waals surface area contributed by atoms with E-state index in [1.54, 1.807) is 13.8 Å². The molecule has 9 heteroatoms. The van der Waals surface area contributed by atoms with Gasteiger partial charge in [0, 0.05) is 12.1 Å². The Bertz CT molecular complexity index is 614. The van der Waals surface area contributed by atoms with Gasteiger partial charge in [0.05, 0.1) is 23.5 Å². The second-order valence-electron chi connectivity index (χ2n) is 4.75. The first-order chi connectivity index (χ1) is 9.72. The maximum absolute atomic E-state index is 12.2. The van der Waals surface area contributed by atoms with Gasteiger partial charge in [-0.2, -0.15) is 0 Å². The minimum atomic E-state index is -3.97. The van der Waals surface area contributed by atoms with Gasteiger partial charge in [-0.1, -0.05) is 13.8 Å². The highest BCUT2D eigenvalue weighted by molar-refractivity contribution is 7.89. The summed E-state index contributed by atoms with van der Waals surface area (Å²) in [5.74, 6) is -0.153. The molecule has 0 bridgehead atoms. The van der Waals surface area contributed by atoms with Crippen molar-refractivity contribution in [3.05, 3.63) is 28.3 Å². The van der Waals surface area contributed by atoms with Crippen molar-refractivity contribution in [2.24, 2.45) is 5.92 Å². The number of sulfonamides is 1. The quantitative estimate of drug-likeness (QED) is 0.569. The van der Waals surface area contributed by atoms with E-state index in [4.69, 9.17) is 4.74 Å². The van der Waals surface area contributed by atoms with Gasteiger partial charge in [0.15, 0.2) is 5.75 Å². The molecule has 1 atom stereocenters. The van der Waals surface area contributed by atoms with E-state index in [1.165, 1.54) is 19.2 Å². The molecule has 2 N–H and O–H groups in total. The van der Waals surface area contributed by atoms with Gasteiger partial charge < -0.3 is 9.84 Å². The van der Waals surface area contributed by atoms with Crippen molar-refractivity contribution >= 4 is 15.7 Å². The number of nitro benzene ring substituents is 1. The van der Waals surface area contributed by atoms with Crippen molar-refractivity contribution in [3.8, 4) is 5.75 Å². The van der Waals surface area contributed by atoms with E-state index in [1.807, 2.05) is 0 Å². The minimum absolute atomic E-state index is 0.0264. The number of ether oxygens (including phenoxy) is 1. The van der Waals surface area contributed by atoms with Gasteiger partial charge in [-0.15, -0.1) is 0 Å². The predicted octanol–water partition coefficient (Wildman–Crippen LogP) is 0.899. The highest BCUT2D eigenvalue weighted by Crippen LogP contribution is 2.29. The summed E-state index contributed by atoms with van der Waals surface area (Å²) in [6.07, 6.45) is 0. The Kier molecular flexibility index (Phi) is 5.64. The molecule has 0 unspecified atom stereocenters. The Morgan fingerprint density at radius 2 is 2.05 bits per heavy atom. The molecule has 1 aromatic carbocycles. The fraction of sp³-hybridized carbons (Fsp3) is 0.500. The number of nitrogens with zero attached hydrogens (tertiary/aromatic N) is 1. The van der Waals surface area contributed by atoms with Gasteiger partial charge in [0.2, 0.25) is 10.0 Å². The Morgan fingerprint density at radius 1 is 1.43 bits per heavy atom. The Morgan fingerprint density at radius 3 is 2.48 bits per heavy atom. The van der Waals surface area contributed by atoms with E-state index in [-0.39, 0.29) is 23.2 Å². The van der Waals surface area contributed by atoms with Crippen LogP contribution in [0, 0.1) is 16.0 Å². The van der Waals surface area contributed by atoms with Gasteiger partial charge in [-0.05, 0) is 18.1 Å². The number of hydrogen-bond donors (Lipinski definition) is 2. The van der Waals surface area contributed by atoms with Crippen LogP contribution in [0.5, 0.6) is 5.75 Å². The lowest BCUT2D eigenvalue weighted by molar-refractivity contribution is -0.386. The SMILES string of the molecule is COc1ccc(S(=O)(=O)N[C@H](CO)C(C)C)cc1[N+](=O)[O-]. The second-order valence-corrected chi connectivity index (χ2v) is 6.46. The Hall–Kier alpha value is -1.71. The van der Waals surface area contributed by atoms with E-state index in [0.717, 1.165) is 6.07 Å². The lowest BCUT2D eigenvalue weighted by atomic mass is 10.1. The third-order valence-corrected chi connectivity index (χ3v) is 4.45. The summed E-state index contributed by atoms with van der Waals surface area (Å²) in [5, 5.41) is 20.1. The summed E-state index contributed by atoms with van der Waals surface area (Å²) in [6, 6.07) is 2.69. The lowest BCUT2D eigenvalue weighted by Gasteiger charge is -2.19. The van der Waals surface area contributed by atoms with Crippen LogP contribution in [0.15, 0.2) is 23.1 Å². The third kappa shape index (κ3) is 4.13. The zero-order chi connectivity index (χ0) is 16.2. The molecule has 1 rings (SSSR count). The lowest BCUT2D eigenvalue weighted by Crippen LogP contribution is -2.41. The van der Waals surface area contributed by atoms with Crippen LogP contribution in [0.1, 0.15) is 13.8 Å². The van der Waals surface area contributed by atoms with Crippen LogP contribution in [0.4, 0.5) is 5.69 Å². The maximum Gasteiger partial charge on any atom is 0.312 e. The molecule has 118 valence electrons. The number of methoxy groups -OCH3 is 1. The smallest absolute Gasteiger partial charge is 0.312 e. The minimum Gasteiger partial charge on any atom is -0.490 e. The second kappa shape index (κ2) is 6.83. The molecule has 0 aliphatic rings. The number of aliphatic hydroxyl groups is 1. The van der Waals surface area contributed by atoms with E-state index < -0.39 is 26.7 Å². The monoisotopic (exact) mass is 318 g/mol. The molecular weight excluding hydrogens is 300 g/mol. The number of nitro groups is 1. The zero-order valence-electron chi connectivity index (χ0n) is 11.9. The molecule has 0 saturated heterocycles. The van der Waals surface area contributed by atoms with Crippen LogP contribution in [-0.4, -0.2) is 38.2 Å². The summed E-state index contributed by atoms with van der Waals surface area (Å²) in [6.45, 7) is 3.13. The van der Waals surface area contributed by atoms with Crippen LogP contribution >= 0.6 is 0 Å². The number of aliphatic hydroxyl groups excluding tert-OH is 1. The topological polar surface area (TPSA) is 119 Å². The maximum atomic E-state index is 12.2. The highest BCUT2D eigenvalue weighted by Gasteiger charge is 2.25. The number of hydrogen-bond acceptors (Lipinski definition) is 6. The van der Waals surface area contributed by atoms with Gasteiger partial charge in [0.25, 0.3) is 0 Å². The Labute approximate surface area is 122 Å². The van der Waals surface area contributed by atoms with E-state index in [9.17, 15) is 23.6 Å². The molecular formula is C12H18N2O6S. The molecule has 0 aliphatic heterocycles. The average molecular weight is 318 g/mol. The first-order valence-electron chi connectivity index (χ1n) is 6.18. The summed E-state index contributed by atoms with van der Waals surface area (Å²) in [5.41, 5.74) is -0.439. The van der Waals surface area contributed by atoms with Crippen molar-refractivity contribution in [1.29, 1.82) is 0 Å². The normalized spacial score (nSPS) is 13.2. The predicted molar refractivity (Wildman–Crippen MR) is 75.7 cm³/mol. The molecule has 0 aliphatic carbocycles. The number of benzene rings is 1. The van der Waals surface area contributed by atoms with Crippen molar-refractivity contribution in [3.63, 3.8) is 0 Å². The molecule has 0 radical (unpaired) electrons. The van der Waals surface area contributed by atoms with Crippen LogP contribution in [0.3, 0.4) is 0 Å². The standard InChI is InChI=1S/C12H18N2O6S/c1-8(2)10(7-15)13-21(18,19)9-4-5-12(20-3)11(6-9)14(16)17/h4-6,8,10,13,15H,7H2,1-3H3/t10-/m1/s1. The van der Waals surface area contributed by atoms with Crippen molar-refractivity contribution in [1.82, 2.24) is 4.72 Å². The first kappa shape index (κ1) is 17.3. The molecule has 21 heavy (non-hydrogen) atoms. The first-order valence-corrected chi connectivity index (χ1v) is 7.67. The summed E-state index contributed by atoms with van der Waals surface area (Å²) >= 11 is 0. The molecule has 8 nitrogen and oxygen atoms in total. The van der Waals surface area contributed by atoms with Crippen LogP contribution in [0.2, 0.25) is 0 Å². The van der Waals surface area contributed by atoms with Gasteiger partial charge in [0.1, 0.15) is 0 Å². The van der Waals surface area contributed by atoms with Crippen LogP contribution < -0.4 is 9.46 Å². The number of rotatable bonds is 7. The fourth-order valence-electron chi connectivity index (χ4n) is 1.63. The molecule has 0 amide bonds. The molecule has 0 spiro atoms. The molecule has 0 fully saturated rings. The van der Waals surface area contributed by atoms with Crippen molar-refractivity contribution < 1.29 is 23.2 Å². The molecule has 1 aromatic rings. The van der Waals surface area contributed by atoms with E-state index >= 15 is 0 Å². The van der Waals surface area contributed by atoms with E-state index in [0.29, 0.717) is 0 Å². The van der Waals surface area contributed by atoms with Crippen LogP contribution in [-0.2, 0) is 10.0 Å². The van der Waals surface area contributed by atoms with Gasteiger partial charge in [-0.25, -0.2) is 13.1 Å². The molecule has 0 heterocycles. The summed E-state index contributed by atoms with van der Waals surface area (Å²) in [4.78, 5) is 9.94. The fourth-order valence-corrected chi connectivity index (χ4v) is 3.03. The van der Waals surface area contributed by atoms with Gasteiger partial charge >= 0.3 is 5.69 Å². The average Bonchev–Trinajstić information content (AvgIpc) is 2.43. The number of nitrogens with one attached hydrogen (secondary N) is 1. The van der Waals surface area contributed by atoms with Gasteiger partial charge in [-0.3, -0.25) is 10.1 Å². The zero-order valence-corrected chi connectivity index (χ0v) is 12.8. The van der Waals surface area contributed by atoms with Crippen molar-refractivity contribution in [2.45, 2.75) is 24.8 Å². The van der Waals surface area contributed by atoms with Crippen LogP contribution in [0.25, 0.3) is 0 Å². The molecule has 0 aromatic heterocycles. The third-order valence-electron chi connectivity index (χ3n) is 2.97. The molecule has 0 saturated carbocycles.